The molecule has 0 unspecified atom stereocenters. The lowest BCUT2D eigenvalue weighted by Gasteiger charge is -2.03. The molecule has 13 heavy (non-hydrogen) atoms. The molecule has 2 rings (SSSR count). The summed E-state index contributed by atoms with van der Waals surface area (Å²) in [6, 6.07) is 12.9. The quantitative estimate of drug-likeness (QED) is 0.532. The van der Waals surface area contributed by atoms with Gasteiger partial charge in [0.25, 0.3) is 0 Å². The molecule has 0 aliphatic rings. The second-order valence-electron chi connectivity index (χ2n) is 2.93. The Morgan fingerprint density at radius 1 is 1.15 bits per heavy atom. The molecular formula is C11H8BrI. The van der Waals surface area contributed by atoms with Gasteiger partial charge in [-0.1, -0.05) is 46.3 Å². The zero-order valence-corrected chi connectivity index (χ0v) is 10.7. The molecule has 0 radical (unpaired) electrons. The van der Waals surface area contributed by atoms with Gasteiger partial charge < -0.3 is 0 Å². The summed E-state index contributed by atoms with van der Waals surface area (Å²) in [5.74, 6) is 0. The van der Waals surface area contributed by atoms with Gasteiger partial charge in [-0.2, -0.15) is 0 Å². The summed E-state index contributed by atoms with van der Waals surface area (Å²) in [6.07, 6.45) is 0. The highest BCUT2D eigenvalue weighted by atomic mass is 127. The molecule has 0 aromatic heterocycles. The molecule has 2 heteroatoms. The van der Waals surface area contributed by atoms with E-state index in [1.165, 1.54) is 19.9 Å². The van der Waals surface area contributed by atoms with E-state index in [0.717, 1.165) is 5.33 Å². The minimum Gasteiger partial charge on any atom is -0.0876 e. The number of hydrogen-bond acceptors (Lipinski definition) is 0. The lowest BCUT2D eigenvalue weighted by atomic mass is 10.1. The van der Waals surface area contributed by atoms with E-state index in [9.17, 15) is 0 Å². The number of fused-ring (bicyclic) bond motifs is 1. The fourth-order valence-corrected chi connectivity index (χ4v) is 2.61. The molecule has 0 nitrogen and oxygen atoms in total. The highest BCUT2D eigenvalue weighted by Gasteiger charge is 1.99. The van der Waals surface area contributed by atoms with Crippen LogP contribution in [0.2, 0.25) is 0 Å². The van der Waals surface area contributed by atoms with Crippen LogP contribution in [0.25, 0.3) is 10.8 Å². The fourth-order valence-electron chi connectivity index (χ4n) is 1.40. The average Bonchev–Trinajstić information content (AvgIpc) is 2.18. The number of halogens is 2. The van der Waals surface area contributed by atoms with E-state index in [1.807, 2.05) is 0 Å². The molecule has 0 heterocycles. The molecular weight excluding hydrogens is 339 g/mol. The zero-order chi connectivity index (χ0) is 9.26. The Kier molecular flexibility index (Phi) is 2.89. The van der Waals surface area contributed by atoms with E-state index >= 15 is 0 Å². The average molecular weight is 347 g/mol. The first kappa shape index (κ1) is 9.46. The normalized spacial score (nSPS) is 10.6. The van der Waals surface area contributed by atoms with Gasteiger partial charge in [0.15, 0.2) is 0 Å². The van der Waals surface area contributed by atoms with Gasteiger partial charge in [0, 0.05) is 8.90 Å². The molecule has 0 N–H and O–H groups in total. The summed E-state index contributed by atoms with van der Waals surface area (Å²) in [5, 5.41) is 3.59. The molecule has 0 aliphatic carbocycles. The van der Waals surface area contributed by atoms with Gasteiger partial charge in [-0.15, -0.1) is 0 Å². The molecule has 0 saturated heterocycles. The van der Waals surface area contributed by atoms with Crippen molar-refractivity contribution in [1.82, 2.24) is 0 Å². The maximum absolute atomic E-state index is 3.47. The van der Waals surface area contributed by atoms with E-state index in [0.29, 0.717) is 0 Å². The van der Waals surface area contributed by atoms with Gasteiger partial charge in [-0.3, -0.25) is 0 Å². The lowest BCUT2D eigenvalue weighted by Crippen LogP contribution is -1.82. The van der Waals surface area contributed by atoms with Crippen molar-refractivity contribution in [2.24, 2.45) is 0 Å². The second kappa shape index (κ2) is 3.96. The molecule has 0 amide bonds. The van der Waals surface area contributed by atoms with Crippen molar-refractivity contribution in [2.45, 2.75) is 5.33 Å². The Hall–Kier alpha value is -0.0900. The SMILES string of the molecule is BrCc1cc(I)c2ccccc2c1. The van der Waals surface area contributed by atoms with Gasteiger partial charge in [0.2, 0.25) is 0 Å². The minimum absolute atomic E-state index is 0.924. The van der Waals surface area contributed by atoms with Crippen LogP contribution in [0.5, 0.6) is 0 Å². The van der Waals surface area contributed by atoms with Crippen molar-refractivity contribution in [3.05, 3.63) is 45.5 Å². The van der Waals surface area contributed by atoms with Gasteiger partial charge in [-0.25, -0.2) is 0 Å². The van der Waals surface area contributed by atoms with E-state index in [2.05, 4.69) is 74.9 Å². The van der Waals surface area contributed by atoms with Crippen molar-refractivity contribution in [3.63, 3.8) is 0 Å². The van der Waals surface area contributed by atoms with Crippen molar-refractivity contribution in [3.8, 4) is 0 Å². The van der Waals surface area contributed by atoms with Crippen LogP contribution in [0.15, 0.2) is 36.4 Å². The van der Waals surface area contributed by atoms with Crippen LogP contribution in [-0.4, -0.2) is 0 Å². The third kappa shape index (κ3) is 1.89. The van der Waals surface area contributed by atoms with Crippen LogP contribution in [0.1, 0.15) is 5.56 Å². The smallest absolute Gasteiger partial charge is 0.0283 e. The van der Waals surface area contributed by atoms with Crippen molar-refractivity contribution < 1.29 is 0 Å². The summed E-state index contributed by atoms with van der Waals surface area (Å²) < 4.78 is 1.32. The van der Waals surface area contributed by atoms with Crippen LogP contribution in [0.4, 0.5) is 0 Å². The highest BCUT2D eigenvalue weighted by molar-refractivity contribution is 14.1. The van der Waals surface area contributed by atoms with Crippen LogP contribution < -0.4 is 0 Å². The van der Waals surface area contributed by atoms with Crippen LogP contribution in [-0.2, 0) is 5.33 Å². The van der Waals surface area contributed by atoms with E-state index < -0.39 is 0 Å². The minimum atomic E-state index is 0.924. The Balaban J connectivity index is 2.77. The number of alkyl halides is 1. The predicted octanol–water partition coefficient (Wildman–Crippen LogP) is 4.34. The standard InChI is InChI=1S/C11H8BrI/c12-7-8-5-9-3-1-2-4-10(9)11(13)6-8/h1-6H,7H2. The summed E-state index contributed by atoms with van der Waals surface area (Å²) in [4.78, 5) is 0. The summed E-state index contributed by atoms with van der Waals surface area (Å²) in [7, 11) is 0. The Bertz CT molecular complexity index is 437. The molecule has 2 aromatic rings. The predicted molar refractivity (Wildman–Crippen MR) is 69.3 cm³/mol. The maximum atomic E-state index is 3.47. The molecule has 66 valence electrons. The monoisotopic (exact) mass is 346 g/mol. The summed E-state index contributed by atoms with van der Waals surface area (Å²) in [6.45, 7) is 0. The largest absolute Gasteiger partial charge is 0.0876 e. The van der Waals surface area contributed by atoms with Gasteiger partial charge in [0.1, 0.15) is 0 Å². The van der Waals surface area contributed by atoms with E-state index in [-0.39, 0.29) is 0 Å². The number of benzene rings is 2. The Morgan fingerprint density at radius 2 is 1.92 bits per heavy atom. The summed E-state index contributed by atoms with van der Waals surface area (Å²) >= 11 is 5.86. The van der Waals surface area contributed by atoms with Crippen LogP contribution in [0, 0.1) is 3.57 Å². The van der Waals surface area contributed by atoms with Crippen molar-refractivity contribution in [1.29, 1.82) is 0 Å². The molecule has 0 atom stereocenters. The van der Waals surface area contributed by atoms with Crippen LogP contribution >= 0.6 is 38.5 Å². The number of rotatable bonds is 1. The van der Waals surface area contributed by atoms with E-state index in [4.69, 9.17) is 0 Å². The van der Waals surface area contributed by atoms with Gasteiger partial charge in [-0.05, 0) is 45.0 Å². The lowest BCUT2D eigenvalue weighted by molar-refractivity contribution is 1.45. The third-order valence-electron chi connectivity index (χ3n) is 2.03. The highest BCUT2D eigenvalue weighted by Crippen LogP contribution is 2.23. The van der Waals surface area contributed by atoms with Crippen molar-refractivity contribution in [2.75, 3.05) is 0 Å². The fraction of sp³-hybridized carbons (Fsp3) is 0.0909. The maximum Gasteiger partial charge on any atom is 0.0283 e. The topological polar surface area (TPSA) is 0 Å². The molecule has 0 bridgehead atoms. The Labute approximate surface area is 99.6 Å². The first-order valence-corrected chi connectivity index (χ1v) is 6.24. The van der Waals surface area contributed by atoms with Crippen molar-refractivity contribution >= 4 is 49.3 Å². The molecule has 0 fully saturated rings. The van der Waals surface area contributed by atoms with Crippen LogP contribution in [0.3, 0.4) is 0 Å². The second-order valence-corrected chi connectivity index (χ2v) is 4.66. The molecule has 0 saturated carbocycles. The third-order valence-corrected chi connectivity index (χ3v) is 3.57. The molecule has 2 aromatic carbocycles. The number of hydrogen-bond donors (Lipinski definition) is 0. The molecule has 0 spiro atoms. The van der Waals surface area contributed by atoms with E-state index in [1.54, 1.807) is 0 Å². The zero-order valence-electron chi connectivity index (χ0n) is 6.93. The van der Waals surface area contributed by atoms with Gasteiger partial charge >= 0.3 is 0 Å². The first-order chi connectivity index (χ1) is 6.31. The summed E-state index contributed by atoms with van der Waals surface area (Å²) in [5.41, 5.74) is 1.34. The van der Waals surface area contributed by atoms with Gasteiger partial charge in [0.05, 0.1) is 0 Å². The molecule has 0 aliphatic heterocycles. The Morgan fingerprint density at radius 3 is 2.69 bits per heavy atom. The first-order valence-electron chi connectivity index (χ1n) is 4.04.